The number of nitrogens with zero attached hydrogens (tertiary/aromatic N) is 6. The lowest BCUT2D eigenvalue weighted by atomic mass is 10.1. The highest BCUT2D eigenvalue weighted by molar-refractivity contribution is 5.10. The van der Waals surface area contributed by atoms with Gasteiger partial charge in [-0.25, -0.2) is 0 Å². The van der Waals surface area contributed by atoms with Crippen molar-refractivity contribution in [2.24, 2.45) is 12.8 Å². The number of aromatic nitrogens is 5. The fourth-order valence-corrected chi connectivity index (χ4v) is 2.29. The standard InChI is InChI=1S/C11H17N7/c1-16-5-9(4-14-16)10(12)6-17-2-3-18-8-13-15-11(18)7-17/h4-5,8,10H,2-3,6-7,12H2,1H3. The Morgan fingerprint density at radius 3 is 3.11 bits per heavy atom. The molecule has 0 aliphatic carbocycles. The number of rotatable bonds is 3. The number of hydrogen-bond acceptors (Lipinski definition) is 5. The van der Waals surface area contributed by atoms with Gasteiger partial charge in [-0.2, -0.15) is 5.10 Å². The van der Waals surface area contributed by atoms with E-state index in [0.29, 0.717) is 0 Å². The lowest BCUT2D eigenvalue weighted by molar-refractivity contribution is 0.205. The van der Waals surface area contributed by atoms with Gasteiger partial charge in [0.05, 0.1) is 12.7 Å². The minimum atomic E-state index is -0.00632. The highest BCUT2D eigenvalue weighted by Crippen LogP contribution is 2.14. The molecule has 0 spiro atoms. The van der Waals surface area contributed by atoms with Gasteiger partial charge in [-0.15, -0.1) is 10.2 Å². The second-order valence-electron chi connectivity index (χ2n) is 4.73. The van der Waals surface area contributed by atoms with Crippen LogP contribution < -0.4 is 5.73 Å². The predicted molar refractivity (Wildman–Crippen MR) is 65.4 cm³/mol. The summed E-state index contributed by atoms with van der Waals surface area (Å²) in [6.07, 6.45) is 5.59. The maximum absolute atomic E-state index is 6.20. The molecule has 1 aliphatic rings. The summed E-state index contributed by atoms with van der Waals surface area (Å²) in [5.41, 5.74) is 7.27. The summed E-state index contributed by atoms with van der Waals surface area (Å²) in [4.78, 5) is 2.31. The van der Waals surface area contributed by atoms with Crippen molar-refractivity contribution in [3.05, 3.63) is 30.1 Å². The molecule has 96 valence electrons. The average molecular weight is 247 g/mol. The minimum Gasteiger partial charge on any atom is -0.323 e. The van der Waals surface area contributed by atoms with Crippen molar-refractivity contribution in [3.63, 3.8) is 0 Å². The van der Waals surface area contributed by atoms with Gasteiger partial charge in [-0.05, 0) is 0 Å². The zero-order valence-corrected chi connectivity index (χ0v) is 10.4. The third-order valence-corrected chi connectivity index (χ3v) is 3.33. The van der Waals surface area contributed by atoms with Crippen LogP contribution in [0.3, 0.4) is 0 Å². The molecule has 1 atom stereocenters. The Kier molecular flexibility index (Phi) is 2.85. The van der Waals surface area contributed by atoms with Crippen LogP contribution in [-0.2, 0) is 20.1 Å². The first kappa shape index (κ1) is 11.4. The molecule has 2 aromatic heterocycles. The molecular formula is C11H17N7. The van der Waals surface area contributed by atoms with Gasteiger partial charge in [0.2, 0.25) is 0 Å². The molecule has 0 amide bonds. The topological polar surface area (TPSA) is 77.8 Å². The summed E-state index contributed by atoms with van der Waals surface area (Å²) < 4.78 is 3.87. The third kappa shape index (κ3) is 2.14. The van der Waals surface area contributed by atoms with Crippen LogP contribution in [-0.4, -0.2) is 42.5 Å². The quantitative estimate of drug-likeness (QED) is 0.793. The summed E-state index contributed by atoms with van der Waals surface area (Å²) in [6.45, 7) is 3.55. The molecule has 18 heavy (non-hydrogen) atoms. The number of fused-ring (bicyclic) bond motifs is 1. The summed E-state index contributed by atoms with van der Waals surface area (Å²) in [5.74, 6) is 1.01. The second-order valence-corrected chi connectivity index (χ2v) is 4.73. The van der Waals surface area contributed by atoms with Crippen LogP contribution in [0.15, 0.2) is 18.7 Å². The molecule has 0 saturated heterocycles. The van der Waals surface area contributed by atoms with Gasteiger partial charge < -0.3 is 10.3 Å². The van der Waals surface area contributed by atoms with Crippen molar-refractivity contribution >= 4 is 0 Å². The summed E-state index contributed by atoms with van der Waals surface area (Å²) in [6, 6.07) is -0.00632. The van der Waals surface area contributed by atoms with Crippen molar-refractivity contribution in [2.75, 3.05) is 13.1 Å². The van der Waals surface area contributed by atoms with Gasteiger partial charge >= 0.3 is 0 Å². The zero-order chi connectivity index (χ0) is 12.5. The highest BCUT2D eigenvalue weighted by atomic mass is 15.3. The Morgan fingerprint density at radius 2 is 2.33 bits per heavy atom. The molecule has 2 aromatic rings. The summed E-state index contributed by atoms with van der Waals surface area (Å²) in [5, 5.41) is 12.2. The fraction of sp³-hybridized carbons (Fsp3) is 0.545. The smallest absolute Gasteiger partial charge is 0.147 e. The normalized spacial score (nSPS) is 17.7. The van der Waals surface area contributed by atoms with Gasteiger partial charge in [-0.3, -0.25) is 9.58 Å². The fourth-order valence-electron chi connectivity index (χ4n) is 2.29. The first-order valence-corrected chi connectivity index (χ1v) is 6.05. The van der Waals surface area contributed by atoms with Crippen LogP contribution in [0.2, 0.25) is 0 Å². The first-order chi connectivity index (χ1) is 8.72. The van der Waals surface area contributed by atoms with E-state index in [-0.39, 0.29) is 6.04 Å². The largest absolute Gasteiger partial charge is 0.323 e. The van der Waals surface area contributed by atoms with Crippen molar-refractivity contribution in [3.8, 4) is 0 Å². The molecule has 1 aliphatic heterocycles. The van der Waals surface area contributed by atoms with Crippen LogP contribution in [0.4, 0.5) is 0 Å². The molecule has 2 N–H and O–H groups in total. The molecular weight excluding hydrogens is 230 g/mol. The molecule has 0 saturated carbocycles. The Balaban J connectivity index is 1.64. The van der Waals surface area contributed by atoms with E-state index < -0.39 is 0 Å². The van der Waals surface area contributed by atoms with Gasteiger partial charge in [0, 0.05) is 44.5 Å². The van der Waals surface area contributed by atoms with Crippen LogP contribution in [0, 0.1) is 0 Å². The van der Waals surface area contributed by atoms with E-state index in [1.807, 2.05) is 19.4 Å². The van der Waals surface area contributed by atoms with E-state index in [1.54, 1.807) is 11.0 Å². The van der Waals surface area contributed by atoms with Crippen LogP contribution >= 0.6 is 0 Å². The molecule has 3 heterocycles. The SMILES string of the molecule is Cn1cc(C(N)CN2CCn3cnnc3C2)cn1. The van der Waals surface area contributed by atoms with Crippen molar-refractivity contribution < 1.29 is 0 Å². The lowest BCUT2D eigenvalue weighted by Gasteiger charge is -2.28. The van der Waals surface area contributed by atoms with E-state index in [0.717, 1.165) is 37.6 Å². The Labute approximate surface area is 105 Å². The predicted octanol–water partition coefficient (Wildman–Crippen LogP) is -0.473. The van der Waals surface area contributed by atoms with Crippen LogP contribution in [0.1, 0.15) is 17.4 Å². The van der Waals surface area contributed by atoms with Crippen LogP contribution in [0.5, 0.6) is 0 Å². The van der Waals surface area contributed by atoms with Crippen molar-refractivity contribution in [1.29, 1.82) is 0 Å². The van der Waals surface area contributed by atoms with Gasteiger partial charge in [-0.1, -0.05) is 0 Å². The first-order valence-electron chi connectivity index (χ1n) is 6.05. The molecule has 7 nitrogen and oxygen atoms in total. The number of aryl methyl sites for hydroxylation is 1. The molecule has 3 rings (SSSR count). The molecule has 7 heteroatoms. The maximum atomic E-state index is 6.20. The van der Waals surface area contributed by atoms with Gasteiger partial charge in [0.25, 0.3) is 0 Å². The van der Waals surface area contributed by atoms with E-state index in [1.165, 1.54) is 0 Å². The lowest BCUT2D eigenvalue weighted by Crippen LogP contribution is -2.38. The third-order valence-electron chi connectivity index (χ3n) is 3.33. The molecule has 0 aromatic carbocycles. The van der Waals surface area contributed by atoms with E-state index in [9.17, 15) is 0 Å². The Hall–Kier alpha value is -1.73. The molecule has 1 unspecified atom stereocenters. The Bertz CT molecular complexity index is 529. The number of nitrogens with two attached hydrogens (primary N) is 1. The maximum Gasteiger partial charge on any atom is 0.147 e. The zero-order valence-electron chi connectivity index (χ0n) is 10.4. The molecule has 0 radical (unpaired) electrons. The van der Waals surface area contributed by atoms with Crippen LogP contribution in [0.25, 0.3) is 0 Å². The average Bonchev–Trinajstić information content (AvgIpc) is 2.96. The Morgan fingerprint density at radius 1 is 1.44 bits per heavy atom. The molecule has 0 fully saturated rings. The summed E-state index contributed by atoms with van der Waals surface area (Å²) in [7, 11) is 1.90. The minimum absolute atomic E-state index is 0.00632. The highest BCUT2D eigenvalue weighted by Gasteiger charge is 2.20. The van der Waals surface area contributed by atoms with E-state index in [2.05, 4.69) is 24.8 Å². The van der Waals surface area contributed by atoms with E-state index >= 15 is 0 Å². The summed E-state index contributed by atoms with van der Waals surface area (Å²) >= 11 is 0. The second kappa shape index (κ2) is 4.51. The van der Waals surface area contributed by atoms with Crippen molar-refractivity contribution in [1.82, 2.24) is 29.4 Å². The molecule has 0 bridgehead atoms. The van der Waals surface area contributed by atoms with Gasteiger partial charge in [0.1, 0.15) is 12.2 Å². The van der Waals surface area contributed by atoms with Crippen molar-refractivity contribution in [2.45, 2.75) is 19.1 Å². The number of hydrogen-bond donors (Lipinski definition) is 1. The van der Waals surface area contributed by atoms with E-state index in [4.69, 9.17) is 5.73 Å². The van der Waals surface area contributed by atoms with Gasteiger partial charge in [0.15, 0.2) is 0 Å². The monoisotopic (exact) mass is 247 g/mol.